The second-order valence-corrected chi connectivity index (χ2v) is 6.95. The molecule has 0 aliphatic rings. The van der Waals surface area contributed by atoms with E-state index in [-0.39, 0.29) is 28.2 Å². The number of rotatable bonds is 3. The van der Waals surface area contributed by atoms with Crippen molar-refractivity contribution in [3.8, 4) is 11.1 Å². The number of halogens is 4. The largest absolute Gasteiger partial charge is 0.417 e. The van der Waals surface area contributed by atoms with Gasteiger partial charge in [-0.1, -0.05) is 40.2 Å². The Labute approximate surface area is 181 Å². The van der Waals surface area contributed by atoms with Crippen LogP contribution in [-0.4, -0.2) is 9.85 Å². The number of nitro benzene ring substituents is 2. The molecule has 0 aromatic heterocycles. The summed E-state index contributed by atoms with van der Waals surface area (Å²) in [6.45, 7) is 0. The number of hydrogen-bond acceptors (Lipinski definition) is 6. The third-order valence-electron chi connectivity index (χ3n) is 3.96. The quantitative estimate of drug-likeness (QED) is 0.265. The van der Waals surface area contributed by atoms with Crippen LogP contribution in [0.15, 0.2) is 65.1 Å². The van der Waals surface area contributed by atoms with Crippen LogP contribution in [0.2, 0.25) is 0 Å². The van der Waals surface area contributed by atoms with Gasteiger partial charge in [0.1, 0.15) is 11.4 Å². The maximum absolute atomic E-state index is 12.9. The van der Waals surface area contributed by atoms with Crippen LogP contribution in [0.4, 0.5) is 35.9 Å². The molecule has 0 saturated heterocycles. The number of nitro groups is 2. The van der Waals surface area contributed by atoms with Gasteiger partial charge < -0.3 is 11.5 Å². The van der Waals surface area contributed by atoms with E-state index in [2.05, 4.69) is 15.9 Å². The summed E-state index contributed by atoms with van der Waals surface area (Å²) in [7, 11) is 0. The molecule has 3 rings (SSSR count). The first-order valence-electron chi connectivity index (χ1n) is 8.31. The number of anilines is 2. The molecule has 4 N–H and O–H groups in total. The zero-order chi connectivity index (χ0) is 23.3. The Morgan fingerprint density at radius 3 is 1.84 bits per heavy atom. The summed E-state index contributed by atoms with van der Waals surface area (Å²) in [4.78, 5) is 19.8. The highest BCUT2D eigenvalue weighted by atomic mass is 79.9. The van der Waals surface area contributed by atoms with Gasteiger partial charge in [-0.25, -0.2) is 0 Å². The van der Waals surface area contributed by atoms with Crippen molar-refractivity contribution in [2.45, 2.75) is 6.18 Å². The van der Waals surface area contributed by atoms with E-state index in [4.69, 9.17) is 11.5 Å². The minimum atomic E-state index is -4.53. The lowest BCUT2D eigenvalue weighted by atomic mass is 9.98. The average Bonchev–Trinajstić information content (AvgIpc) is 2.69. The van der Waals surface area contributed by atoms with Crippen LogP contribution in [-0.2, 0) is 6.18 Å². The average molecular weight is 499 g/mol. The predicted molar refractivity (Wildman–Crippen MR) is 113 cm³/mol. The molecule has 0 aliphatic heterocycles. The van der Waals surface area contributed by atoms with Gasteiger partial charge >= 0.3 is 6.18 Å². The van der Waals surface area contributed by atoms with Gasteiger partial charge in [0.2, 0.25) is 0 Å². The zero-order valence-corrected chi connectivity index (χ0v) is 17.1. The Bertz CT molecular complexity index is 1140. The Balaban J connectivity index is 0.000000262. The van der Waals surface area contributed by atoms with Crippen molar-refractivity contribution >= 4 is 38.7 Å². The summed E-state index contributed by atoms with van der Waals surface area (Å²) in [6, 6.07) is 13.0. The van der Waals surface area contributed by atoms with Gasteiger partial charge in [0.15, 0.2) is 0 Å². The number of nitrogens with two attached hydrogens (primary N) is 2. The molecule has 0 spiro atoms. The highest BCUT2D eigenvalue weighted by Crippen LogP contribution is 2.38. The SMILES string of the molecule is Nc1ccc(-c2ccccc2C(F)(F)F)cc1[N+](=O)[O-].Nc1ccc(Br)cc1[N+](=O)[O-]. The van der Waals surface area contributed by atoms with Crippen molar-refractivity contribution in [1.82, 2.24) is 0 Å². The minimum absolute atomic E-state index is 0.0700. The molecule has 0 amide bonds. The molecule has 31 heavy (non-hydrogen) atoms. The van der Waals surface area contributed by atoms with E-state index < -0.39 is 27.3 Å². The number of benzene rings is 3. The van der Waals surface area contributed by atoms with Crippen molar-refractivity contribution in [3.05, 3.63) is 90.9 Å². The van der Waals surface area contributed by atoms with Crippen LogP contribution < -0.4 is 11.5 Å². The monoisotopic (exact) mass is 498 g/mol. The standard InChI is InChI=1S/C13H9F3N2O2.C6H5BrN2O2/c14-13(15,16)10-4-2-1-3-9(10)8-5-6-11(17)12(7-8)18(19)20;7-4-1-2-5(8)6(3-4)9(10)11/h1-7H,17H2;1-3H,8H2. The van der Waals surface area contributed by atoms with E-state index in [1.807, 2.05) is 0 Å². The Kier molecular flexibility index (Phi) is 7.18. The summed E-state index contributed by atoms with van der Waals surface area (Å²) in [5.41, 5.74) is 9.48. The molecule has 0 fully saturated rings. The molecule has 0 heterocycles. The molecule has 0 atom stereocenters. The molecule has 0 unspecified atom stereocenters. The summed E-state index contributed by atoms with van der Waals surface area (Å²) in [5, 5.41) is 21.1. The predicted octanol–water partition coefficient (Wildman–Crippen LogP) is 5.80. The smallest absolute Gasteiger partial charge is 0.393 e. The molecule has 0 saturated carbocycles. The van der Waals surface area contributed by atoms with E-state index in [0.29, 0.717) is 4.47 Å². The van der Waals surface area contributed by atoms with Gasteiger partial charge in [-0.15, -0.1) is 0 Å². The topological polar surface area (TPSA) is 138 Å². The molecule has 8 nitrogen and oxygen atoms in total. The lowest BCUT2D eigenvalue weighted by Gasteiger charge is -2.12. The first kappa shape index (κ1) is 23.6. The van der Waals surface area contributed by atoms with Gasteiger partial charge in [-0.3, -0.25) is 20.2 Å². The van der Waals surface area contributed by atoms with E-state index in [9.17, 15) is 33.4 Å². The maximum atomic E-state index is 12.9. The van der Waals surface area contributed by atoms with Gasteiger partial charge in [0, 0.05) is 16.6 Å². The summed E-state index contributed by atoms with van der Waals surface area (Å²) >= 11 is 3.10. The van der Waals surface area contributed by atoms with E-state index in [0.717, 1.165) is 12.1 Å². The number of alkyl halides is 3. The van der Waals surface area contributed by atoms with Crippen LogP contribution in [0, 0.1) is 20.2 Å². The lowest BCUT2D eigenvalue weighted by Crippen LogP contribution is -2.07. The Morgan fingerprint density at radius 1 is 0.806 bits per heavy atom. The highest BCUT2D eigenvalue weighted by Gasteiger charge is 2.33. The molecule has 162 valence electrons. The van der Waals surface area contributed by atoms with Crippen molar-refractivity contribution in [2.75, 3.05) is 11.5 Å². The van der Waals surface area contributed by atoms with Gasteiger partial charge in [-0.2, -0.15) is 13.2 Å². The van der Waals surface area contributed by atoms with Crippen LogP contribution in [0.25, 0.3) is 11.1 Å². The van der Waals surface area contributed by atoms with E-state index in [1.54, 1.807) is 6.07 Å². The molecule has 3 aromatic carbocycles. The second-order valence-electron chi connectivity index (χ2n) is 6.03. The normalized spacial score (nSPS) is 10.7. The number of hydrogen-bond donors (Lipinski definition) is 2. The summed E-state index contributed by atoms with van der Waals surface area (Å²) < 4.78 is 39.4. The fourth-order valence-corrected chi connectivity index (χ4v) is 2.88. The van der Waals surface area contributed by atoms with E-state index >= 15 is 0 Å². The molecule has 0 aliphatic carbocycles. The maximum Gasteiger partial charge on any atom is 0.417 e. The first-order chi connectivity index (χ1) is 14.4. The minimum Gasteiger partial charge on any atom is -0.393 e. The fraction of sp³-hybridized carbons (Fsp3) is 0.0526. The van der Waals surface area contributed by atoms with Crippen LogP contribution >= 0.6 is 15.9 Å². The molecule has 12 heteroatoms. The molecular formula is C19H14BrF3N4O4. The van der Waals surface area contributed by atoms with Crippen molar-refractivity contribution in [2.24, 2.45) is 0 Å². The van der Waals surface area contributed by atoms with Gasteiger partial charge in [0.25, 0.3) is 11.4 Å². The highest BCUT2D eigenvalue weighted by molar-refractivity contribution is 9.10. The van der Waals surface area contributed by atoms with Crippen molar-refractivity contribution in [3.63, 3.8) is 0 Å². The van der Waals surface area contributed by atoms with Gasteiger partial charge in [-0.05, 0) is 35.4 Å². The van der Waals surface area contributed by atoms with Gasteiger partial charge in [0.05, 0.1) is 15.4 Å². The fourth-order valence-electron chi connectivity index (χ4n) is 2.53. The number of nitrogen functional groups attached to an aromatic ring is 2. The zero-order valence-electron chi connectivity index (χ0n) is 15.5. The molecule has 3 aromatic rings. The Morgan fingerprint density at radius 2 is 1.32 bits per heavy atom. The van der Waals surface area contributed by atoms with E-state index in [1.165, 1.54) is 42.5 Å². The van der Waals surface area contributed by atoms with Crippen LogP contribution in [0.1, 0.15) is 5.56 Å². The molecular weight excluding hydrogens is 485 g/mol. The van der Waals surface area contributed by atoms with Crippen LogP contribution in [0.5, 0.6) is 0 Å². The summed E-state index contributed by atoms with van der Waals surface area (Å²) in [6.07, 6.45) is -4.53. The third-order valence-corrected chi connectivity index (χ3v) is 4.45. The van der Waals surface area contributed by atoms with Crippen LogP contribution in [0.3, 0.4) is 0 Å². The van der Waals surface area contributed by atoms with Crippen molar-refractivity contribution in [1.29, 1.82) is 0 Å². The number of nitrogens with zero attached hydrogens (tertiary/aromatic N) is 2. The second kappa shape index (κ2) is 9.43. The molecule has 0 radical (unpaired) electrons. The third kappa shape index (κ3) is 5.92. The van der Waals surface area contributed by atoms with Crippen molar-refractivity contribution < 1.29 is 23.0 Å². The summed E-state index contributed by atoms with van der Waals surface area (Å²) in [5.74, 6) is 0. The lowest BCUT2D eigenvalue weighted by molar-refractivity contribution is -0.384. The Hall–Kier alpha value is -3.67. The first-order valence-corrected chi connectivity index (χ1v) is 9.11. The molecule has 0 bridgehead atoms.